The molecule has 48 heavy (non-hydrogen) atoms. The van der Waals surface area contributed by atoms with Crippen LogP contribution in [0.15, 0.2) is 54.3 Å². The second kappa shape index (κ2) is 12.4. The highest BCUT2D eigenvalue weighted by atomic mass is 16.6. The van der Waals surface area contributed by atoms with Crippen molar-refractivity contribution in [3.8, 4) is 11.5 Å². The fourth-order valence-corrected chi connectivity index (χ4v) is 7.78. The van der Waals surface area contributed by atoms with Gasteiger partial charge in [0.2, 0.25) is 12.2 Å². The number of hydrogen-bond acceptors (Lipinski definition) is 13. The molecule has 2 aliphatic heterocycles. The molecule has 0 amide bonds. The van der Waals surface area contributed by atoms with E-state index in [0.717, 1.165) is 25.0 Å². The fourth-order valence-electron chi connectivity index (χ4n) is 7.78. The Bertz CT molecular complexity index is 1700. The SMILES string of the molecule is COc1ccc2c3c1O[C@H]1C(OC(=O)[C@H](OC(C)=O)[C@@H](OC(C)=O)C(=O)O[C@H](C(C)=O)c4ccccc4)=CC[C@@]4(O)[C@@H](C2)N(C)CC[C@]314. The highest BCUT2D eigenvalue weighted by molar-refractivity contribution is 5.91. The van der Waals surface area contributed by atoms with Gasteiger partial charge >= 0.3 is 23.9 Å². The monoisotopic (exact) mass is 663 g/mol. The summed E-state index contributed by atoms with van der Waals surface area (Å²) in [6.45, 7) is 3.83. The highest BCUT2D eigenvalue weighted by Gasteiger charge is 2.72. The summed E-state index contributed by atoms with van der Waals surface area (Å²) in [5.74, 6) is -4.16. The van der Waals surface area contributed by atoms with Gasteiger partial charge in [-0.25, -0.2) is 9.59 Å². The van der Waals surface area contributed by atoms with E-state index in [1.54, 1.807) is 42.5 Å². The van der Waals surface area contributed by atoms with Gasteiger partial charge in [0.15, 0.2) is 29.5 Å². The van der Waals surface area contributed by atoms with E-state index in [1.807, 2.05) is 13.1 Å². The number of benzene rings is 2. The van der Waals surface area contributed by atoms with Crippen molar-refractivity contribution in [1.29, 1.82) is 0 Å². The number of likely N-dealkylation sites (N-methyl/N-ethyl adjacent to an activating group) is 1. The van der Waals surface area contributed by atoms with Gasteiger partial charge in [-0.05, 0) is 56.6 Å². The first-order valence-electron chi connectivity index (χ1n) is 15.6. The number of Topliss-reactive ketones (excluding diaryl/α,β-unsaturated/α-hetero) is 1. The first-order valence-corrected chi connectivity index (χ1v) is 15.6. The lowest BCUT2D eigenvalue weighted by Gasteiger charge is -2.61. The number of carbonyl (C=O) groups excluding carboxylic acids is 5. The Balaban J connectivity index is 1.35. The molecule has 2 aliphatic carbocycles. The van der Waals surface area contributed by atoms with E-state index in [1.165, 1.54) is 14.0 Å². The summed E-state index contributed by atoms with van der Waals surface area (Å²) in [5.41, 5.74) is -0.182. The van der Waals surface area contributed by atoms with Gasteiger partial charge in [0.25, 0.3) is 0 Å². The lowest BCUT2D eigenvalue weighted by atomic mass is 9.50. The van der Waals surface area contributed by atoms with Gasteiger partial charge in [0.05, 0.1) is 18.1 Å². The predicted octanol–water partition coefficient (Wildman–Crippen LogP) is 2.25. The lowest BCUT2D eigenvalue weighted by molar-refractivity contribution is -0.194. The zero-order chi connectivity index (χ0) is 34.5. The molecule has 2 bridgehead atoms. The van der Waals surface area contributed by atoms with Crippen molar-refractivity contribution in [2.24, 2.45) is 0 Å². The van der Waals surface area contributed by atoms with Crippen molar-refractivity contribution >= 4 is 29.7 Å². The van der Waals surface area contributed by atoms with Crippen LogP contribution in [0, 0.1) is 0 Å². The number of rotatable bonds is 10. The van der Waals surface area contributed by atoms with Gasteiger partial charge in [-0.15, -0.1) is 0 Å². The number of methoxy groups -OCH3 is 1. The van der Waals surface area contributed by atoms with Crippen molar-refractivity contribution in [2.75, 3.05) is 20.7 Å². The minimum Gasteiger partial charge on any atom is -0.493 e. The van der Waals surface area contributed by atoms with Gasteiger partial charge in [0, 0.05) is 31.9 Å². The average Bonchev–Trinajstić information content (AvgIpc) is 3.40. The number of esters is 4. The maximum atomic E-state index is 14.0. The first kappa shape index (κ1) is 33.2. The molecule has 1 spiro atoms. The second-order valence-corrected chi connectivity index (χ2v) is 12.6. The molecule has 0 aromatic heterocycles. The molecular formula is C35H37NO12. The average molecular weight is 664 g/mol. The molecule has 7 atom stereocenters. The van der Waals surface area contributed by atoms with Gasteiger partial charge in [-0.2, -0.15) is 0 Å². The quantitative estimate of drug-likeness (QED) is 0.291. The summed E-state index contributed by atoms with van der Waals surface area (Å²) >= 11 is 0. The molecule has 0 radical (unpaired) electrons. The van der Waals surface area contributed by atoms with Gasteiger partial charge < -0.3 is 38.4 Å². The largest absolute Gasteiger partial charge is 0.493 e. The molecule has 0 saturated carbocycles. The van der Waals surface area contributed by atoms with Crippen molar-refractivity contribution in [2.45, 2.75) is 81.5 Å². The van der Waals surface area contributed by atoms with Crippen molar-refractivity contribution < 1.29 is 57.5 Å². The van der Waals surface area contributed by atoms with Crippen LogP contribution in [0.25, 0.3) is 0 Å². The van der Waals surface area contributed by atoms with Crippen molar-refractivity contribution in [3.63, 3.8) is 0 Å². The van der Waals surface area contributed by atoms with Crippen LogP contribution in [0.5, 0.6) is 11.5 Å². The summed E-state index contributed by atoms with van der Waals surface area (Å²) in [4.78, 5) is 66.5. The number of ether oxygens (including phenoxy) is 6. The summed E-state index contributed by atoms with van der Waals surface area (Å²) in [6.07, 6.45) is -3.93. The van der Waals surface area contributed by atoms with Crippen LogP contribution in [0.1, 0.15) is 56.4 Å². The van der Waals surface area contributed by atoms with E-state index in [2.05, 4.69) is 4.90 Å². The summed E-state index contributed by atoms with van der Waals surface area (Å²) in [6, 6.07) is 11.6. The van der Waals surface area contributed by atoms with Crippen LogP contribution in [0.4, 0.5) is 0 Å². The van der Waals surface area contributed by atoms with Crippen LogP contribution in [0.2, 0.25) is 0 Å². The predicted molar refractivity (Wildman–Crippen MR) is 165 cm³/mol. The number of hydrogen-bond donors (Lipinski definition) is 1. The minimum atomic E-state index is -2.13. The van der Waals surface area contributed by atoms with E-state index in [0.29, 0.717) is 36.4 Å². The molecule has 0 unspecified atom stereocenters. The van der Waals surface area contributed by atoms with Gasteiger partial charge in [-0.3, -0.25) is 14.4 Å². The van der Waals surface area contributed by atoms with Crippen molar-refractivity contribution in [3.05, 3.63) is 71.0 Å². The molecule has 2 aromatic rings. The number of likely N-dealkylation sites (tertiary alicyclic amines) is 1. The third-order valence-corrected chi connectivity index (χ3v) is 9.81. The number of ketones is 1. The highest BCUT2D eigenvalue weighted by Crippen LogP contribution is 2.65. The smallest absolute Gasteiger partial charge is 0.357 e. The Labute approximate surface area is 276 Å². The maximum Gasteiger partial charge on any atom is 0.357 e. The third-order valence-electron chi connectivity index (χ3n) is 9.81. The minimum absolute atomic E-state index is 0.0251. The van der Waals surface area contributed by atoms with Crippen molar-refractivity contribution in [1.82, 2.24) is 4.90 Å². The standard InChI is InChI=1S/C35H37NO12/c1-18(37)27(21-9-7-6-8-10-21)48-33(41)30(45-20(3)39)29(44-19(2)38)32(40)46-24-13-14-35(42)25-17-22-11-12-23(43-5)28-26(22)34(35,31(24)47-28)15-16-36(25)4/h6-13,25,27,29-31,42H,14-17H2,1-5H3/t25-,27-,29-,30-,31+,34+,35-/m1/s1. The Morgan fingerprint density at radius 2 is 1.60 bits per heavy atom. The van der Waals surface area contributed by atoms with E-state index in [-0.39, 0.29) is 18.2 Å². The molecule has 4 aliphatic rings. The molecule has 1 N–H and O–H groups in total. The Hall–Kier alpha value is -4.75. The lowest BCUT2D eigenvalue weighted by Crippen LogP contribution is -2.74. The van der Waals surface area contributed by atoms with Crippen LogP contribution < -0.4 is 9.47 Å². The summed E-state index contributed by atoms with van der Waals surface area (Å²) < 4.78 is 33.9. The number of piperidine rings is 1. The van der Waals surface area contributed by atoms with E-state index in [4.69, 9.17) is 28.4 Å². The zero-order valence-electron chi connectivity index (χ0n) is 27.2. The number of aliphatic hydroxyl groups is 1. The topological polar surface area (TPSA) is 164 Å². The van der Waals surface area contributed by atoms with Crippen LogP contribution >= 0.6 is 0 Å². The van der Waals surface area contributed by atoms with E-state index < -0.39 is 65.1 Å². The van der Waals surface area contributed by atoms with Gasteiger partial charge in [-0.1, -0.05) is 36.4 Å². The first-order chi connectivity index (χ1) is 22.8. The summed E-state index contributed by atoms with van der Waals surface area (Å²) in [7, 11) is 3.47. The molecule has 1 fully saturated rings. The Morgan fingerprint density at radius 3 is 2.23 bits per heavy atom. The summed E-state index contributed by atoms with van der Waals surface area (Å²) in [5, 5.41) is 12.4. The molecule has 254 valence electrons. The molecule has 2 aromatic carbocycles. The fraction of sp³-hybridized carbons (Fsp3) is 0.457. The second-order valence-electron chi connectivity index (χ2n) is 12.6. The normalized spacial score (nSPS) is 26.8. The molecular weight excluding hydrogens is 626 g/mol. The molecule has 1 saturated heterocycles. The van der Waals surface area contributed by atoms with Crippen LogP contribution in [0.3, 0.4) is 0 Å². The number of carbonyl (C=O) groups is 5. The number of nitrogens with zero attached hydrogens (tertiary/aromatic N) is 1. The van der Waals surface area contributed by atoms with E-state index in [9.17, 15) is 29.1 Å². The molecule has 6 rings (SSSR count). The third kappa shape index (κ3) is 5.21. The zero-order valence-corrected chi connectivity index (χ0v) is 27.2. The van der Waals surface area contributed by atoms with Crippen LogP contribution in [-0.2, 0) is 54.8 Å². The Kier molecular flexibility index (Phi) is 8.54. The van der Waals surface area contributed by atoms with E-state index >= 15 is 0 Å². The molecule has 2 heterocycles. The van der Waals surface area contributed by atoms with Gasteiger partial charge in [0.1, 0.15) is 5.76 Å². The maximum absolute atomic E-state index is 14.0. The molecule has 13 nitrogen and oxygen atoms in total. The Morgan fingerprint density at radius 1 is 0.938 bits per heavy atom. The molecule has 13 heteroatoms. The van der Waals surface area contributed by atoms with Crippen LogP contribution in [-0.4, -0.2) is 90.3 Å².